The molecule has 0 saturated carbocycles. The van der Waals surface area contributed by atoms with Gasteiger partial charge in [-0.1, -0.05) is 50.0 Å². The number of hydrogen-bond acceptors (Lipinski definition) is 2. The first kappa shape index (κ1) is 15.8. The Hall–Kier alpha value is -1.26. The summed E-state index contributed by atoms with van der Waals surface area (Å²) >= 11 is 11.7. The Kier molecular flexibility index (Phi) is 4.82. The second-order valence-electron chi connectivity index (χ2n) is 5.21. The van der Waals surface area contributed by atoms with Crippen LogP contribution in [0.25, 0.3) is 0 Å². The van der Waals surface area contributed by atoms with E-state index in [1.807, 2.05) is 0 Å². The number of amides is 1. The van der Waals surface area contributed by atoms with Gasteiger partial charge in [0.25, 0.3) is 5.91 Å². The van der Waals surface area contributed by atoms with Gasteiger partial charge in [-0.05, 0) is 17.5 Å². The van der Waals surface area contributed by atoms with Gasteiger partial charge in [0.05, 0.1) is 15.6 Å². The summed E-state index contributed by atoms with van der Waals surface area (Å²) in [4.78, 5) is 23.3. The van der Waals surface area contributed by atoms with Crippen molar-refractivity contribution in [2.45, 2.75) is 26.8 Å². The van der Waals surface area contributed by atoms with Gasteiger partial charge in [0, 0.05) is 0 Å². The molecule has 1 atom stereocenters. The minimum absolute atomic E-state index is 0.111. The number of hydrogen-bond donors (Lipinski definition) is 2. The monoisotopic (exact) mass is 303 g/mol. The lowest BCUT2D eigenvalue weighted by Gasteiger charge is -2.27. The number of carbonyl (C=O) groups excluding carboxylic acids is 1. The third-order valence-electron chi connectivity index (χ3n) is 2.58. The molecule has 0 saturated heterocycles. The van der Waals surface area contributed by atoms with Crippen LogP contribution in [0, 0.1) is 5.41 Å². The second-order valence-corrected chi connectivity index (χ2v) is 6.00. The molecule has 0 heterocycles. The van der Waals surface area contributed by atoms with E-state index < -0.39 is 23.3 Å². The number of benzene rings is 1. The standard InChI is InChI=1S/C13H15Cl2NO3/c1-13(2,3)10(12(18)19)16-11(17)7-5-4-6-8(14)9(7)15/h4-6,10H,1-3H3,(H,16,17)(H,18,19). The normalized spacial score (nSPS) is 12.9. The summed E-state index contributed by atoms with van der Waals surface area (Å²) < 4.78 is 0. The maximum Gasteiger partial charge on any atom is 0.326 e. The van der Waals surface area contributed by atoms with Crippen molar-refractivity contribution in [1.82, 2.24) is 5.32 Å². The molecule has 0 spiro atoms. The van der Waals surface area contributed by atoms with Gasteiger partial charge in [-0.15, -0.1) is 0 Å². The first-order valence-electron chi connectivity index (χ1n) is 5.62. The Bertz CT molecular complexity index is 509. The molecule has 1 aromatic rings. The van der Waals surface area contributed by atoms with Gasteiger partial charge in [0.1, 0.15) is 6.04 Å². The van der Waals surface area contributed by atoms with Gasteiger partial charge in [-0.2, -0.15) is 0 Å². The van der Waals surface area contributed by atoms with Crippen molar-refractivity contribution in [2.75, 3.05) is 0 Å². The summed E-state index contributed by atoms with van der Waals surface area (Å²) in [6, 6.07) is 3.61. The van der Waals surface area contributed by atoms with Crippen LogP contribution in [0.5, 0.6) is 0 Å². The third kappa shape index (κ3) is 3.85. The van der Waals surface area contributed by atoms with E-state index in [-0.39, 0.29) is 15.6 Å². The quantitative estimate of drug-likeness (QED) is 0.901. The van der Waals surface area contributed by atoms with E-state index in [0.717, 1.165) is 0 Å². The van der Waals surface area contributed by atoms with Crippen molar-refractivity contribution in [1.29, 1.82) is 0 Å². The molecular formula is C13H15Cl2NO3. The fraction of sp³-hybridized carbons (Fsp3) is 0.385. The Morgan fingerprint density at radius 1 is 1.26 bits per heavy atom. The van der Waals surface area contributed by atoms with Gasteiger partial charge >= 0.3 is 5.97 Å². The third-order valence-corrected chi connectivity index (χ3v) is 3.40. The lowest BCUT2D eigenvalue weighted by atomic mass is 9.86. The second kappa shape index (κ2) is 5.80. The van der Waals surface area contributed by atoms with Crippen molar-refractivity contribution in [3.05, 3.63) is 33.8 Å². The molecule has 0 aliphatic rings. The minimum atomic E-state index is -1.10. The number of carboxylic acid groups (broad SMARTS) is 1. The summed E-state index contributed by atoms with van der Waals surface area (Å²) in [6.45, 7) is 5.18. The van der Waals surface area contributed by atoms with E-state index in [1.54, 1.807) is 32.9 Å². The van der Waals surface area contributed by atoms with Crippen LogP contribution < -0.4 is 5.32 Å². The Morgan fingerprint density at radius 3 is 2.32 bits per heavy atom. The maximum atomic E-state index is 12.1. The minimum Gasteiger partial charge on any atom is -0.480 e. The molecule has 19 heavy (non-hydrogen) atoms. The molecular weight excluding hydrogens is 289 g/mol. The van der Waals surface area contributed by atoms with Crippen LogP contribution in [0.3, 0.4) is 0 Å². The number of rotatable bonds is 3. The molecule has 0 bridgehead atoms. The predicted molar refractivity (Wildman–Crippen MR) is 74.8 cm³/mol. The van der Waals surface area contributed by atoms with Crippen LogP contribution in [0.15, 0.2) is 18.2 Å². The summed E-state index contributed by atoms with van der Waals surface area (Å²) in [6.07, 6.45) is 0. The molecule has 1 rings (SSSR count). The van der Waals surface area contributed by atoms with E-state index in [4.69, 9.17) is 28.3 Å². The van der Waals surface area contributed by atoms with Gasteiger partial charge in [0.15, 0.2) is 0 Å². The molecule has 0 fully saturated rings. The van der Waals surface area contributed by atoms with Gasteiger partial charge in [-0.25, -0.2) is 4.79 Å². The number of carboxylic acids is 1. The number of halogens is 2. The van der Waals surface area contributed by atoms with Crippen LogP contribution in [0.4, 0.5) is 0 Å². The van der Waals surface area contributed by atoms with Crippen LogP contribution in [-0.2, 0) is 4.79 Å². The topological polar surface area (TPSA) is 66.4 Å². The average molecular weight is 304 g/mol. The smallest absolute Gasteiger partial charge is 0.326 e. The Balaban J connectivity index is 3.02. The molecule has 104 valence electrons. The zero-order valence-electron chi connectivity index (χ0n) is 10.8. The van der Waals surface area contributed by atoms with E-state index in [9.17, 15) is 9.59 Å². The van der Waals surface area contributed by atoms with Crippen LogP contribution >= 0.6 is 23.2 Å². The Morgan fingerprint density at radius 2 is 1.84 bits per heavy atom. The number of carbonyl (C=O) groups is 2. The summed E-state index contributed by atoms with van der Waals surface area (Å²) in [5.41, 5.74) is -0.461. The fourth-order valence-electron chi connectivity index (χ4n) is 1.54. The van der Waals surface area contributed by atoms with Crippen molar-refractivity contribution >= 4 is 35.1 Å². The van der Waals surface area contributed by atoms with Crippen LogP contribution in [-0.4, -0.2) is 23.0 Å². The van der Waals surface area contributed by atoms with Crippen molar-refractivity contribution in [3.63, 3.8) is 0 Å². The lowest BCUT2D eigenvalue weighted by molar-refractivity contribution is -0.142. The zero-order chi connectivity index (χ0) is 14.8. The molecule has 1 unspecified atom stereocenters. The Labute approximate surface area is 121 Å². The highest BCUT2D eigenvalue weighted by atomic mass is 35.5. The fourth-order valence-corrected chi connectivity index (χ4v) is 1.92. The van der Waals surface area contributed by atoms with Crippen LogP contribution in [0.1, 0.15) is 31.1 Å². The number of aliphatic carboxylic acids is 1. The average Bonchev–Trinajstić information content (AvgIpc) is 2.27. The van der Waals surface area contributed by atoms with Crippen molar-refractivity contribution in [2.24, 2.45) is 5.41 Å². The molecule has 0 aliphatic heterocycles. The van der Waals surface area contributed by atoms with Crippen LogP contribution in [0.2, 0.25) is 10.0 Å². The maximum absolute atomic E-state index is 12.1. The SMILES string of the molecule is CC(C)(C)C(NC(=O)c1cccc(Cl)c1Cl)C(=O)O. The molecule has 1 aromatic carbocycles. The van der Waals surface area contributed by atoms with Crippen molar-refractivity contribution in [3.8, 4) is 0 Å². The summed E-state index contributed by atoms with van der Waals surface area (Å²) in [5, 5.41) is 12.0. The first-order valence-corrected chi connectivity index (χ1v) is 6.38. The molecule has 4 nitrogen and oxygen atoms in total. The van der Waals surface area contributed by atoms with Gasteiger partial charge in [0.2, 0.25) is 0 Å². The van der Waals surface area contributed by atoms with E-state index in [2.05, 4.69) is 5.32 Å². The van der Waals surface area contributed by atoms with E-state index in [0.29, 0.717) is 0 Å². The summed E-state index contributed by atoms with van der Waals surface area (Å²) in [5.74, 6) is -1.66. The molecule has 0 aromatic heterocycles. The zero-order valence-corrected chi connectivity index (χ0v) is 12.3. The molecule has 2 N–H and O–H groups in total. The highest BCUT2D eigenvalue weighted by Gasteiger charge is 2.33. The number of nitrogens with one attached hydrogen (secondary N) is 1. The van der Waals surface area contributed by atoms with Gasteiger partial charge < -0.3 is 10.4 Å². The van der Waals surface area contributed by atoms with Gasteiger partial charge in [-0.3, -0.25) is 4.79 Å². The summed E-state index contributed by atoms with van der Waals surface area (Å²) in [7, 11) is 0. The highest BCUT2D eigenvalue weighted by molar-refractivity contribution is 6.43. The first-order chi connectivity index (χ1) is 8.64. The largest absolute Gasteiger partial charge is 0.480 e. The molecule has 0 aliphatic carbocycles. The lowest BCUT2D eigenvalue weighted by Crippen LogP contribution is -2.49. The van der Waals surface area contributed by atoms with Crippen molar-refractivity contribution < 1.29 is 14.7 Å². The van der Waals surface area contributed by atoms with E-state index >= 15 is 0 Å². The predicted octanol–water partition coefficient (Wildman–Crippen LogP) is 3.22. The van der Waals surface area contributed by atoms with E-state index in [1.165, 1.54) is 6.07 Å². The molecule has 6 heteroatoms. The highest BCUT2D eigenvalue weighted by Crippen LogP contribution is 2.26. The molecule has 1 amide bonds. The molecule has 0 radical (unpaired) electrons.